The topological polar surface area (TPSA) is 86.7 Å². The van der Waals surface area contributed by atoms with E-state index in [1.165, 1.54) is 6.08 Å². The zero-order chi connectivity index (χ0) is 26.0. The van der Waals surface area contributed by atoms with Crippen molar-refractivity contribution in [2.75, 3.05) is 11.9 Å². The minimum absolute atomic E-state index is 0.0836. The minimum atomic E-state index is -0.618. The quantitative estimate of drug-likeness (QED) is 0.344. The second-order valence-electron chi connectivity index (χ2n) is 8.40. The van der Waals surface area contributed by atoms with Gasteiger partial charge in [0, 0.05) is 16.3 Å². The number of carbonyl (C=O) groups is 3. The van der Waals surface area contributed by atoms with Crippen LogP contribution in [-0.4, -0.2) is 33.6 Å². The molecule has 1 heterocycles. The van der Waals surface area contributed by atoms with Crippen molar-refractivity contribution in [3.8, 4) is 5.75 Å². The van der Waals surface area contributed by atoms with Crippen LogP contribution in [0.25, 0.3) is 6.08 Å². The Hall–Kier alpha value is -3.26. The number of amides is 3. The fourth-order valence-corrected chi connectivity index (χ4v) is 4.97. The predicted molar refractivity (Wildman–Crippen MR) is 145 cm³/mol. The zero-order valence-corrected chi connectivity index (χ0v) is 21.8. The first-order valence-electron chi connectivity index (χ1n) is 11.0. The molecule has 184 valence electrons. The summed E-state index contributed by atoms with van der Waals surface area (Å²) >= 11 is 13.2. The van der Waals surface area contributed by atoms with E-state index in [-0.39, 0.29) is 21.2 Å². The number of benzene rings is 3. The zero-order valence-electron chi connectivity index (χ0n) is 19.5. The number of halogens is 2. The molecule has 4 rings (SSSR count). The normalized spacial score (nSPS) is 14.6. The largest absolute Gasteiger partial charge is 0.506 e. The van der Waals surface area contributed by atoms with Crippen LogP contribution in [0.15, 0.2) is 59.5 Å². The molecule has 9 heteroatoms. The van der Waals surface area contributed by atoms with Crippen molar-refractivity contribution >= 4 is 63.8 Å². The van der Waals surface area contributed by atoms with E-state index in [4.69, 9.17) is 23.2 Å². The molecule has 0 atom stereocenters. The summed E-state index contributed by atoms with van der Waals surface area (Å²) in [5.74, 6) is -1.32. The maximum absolute atomic E-state index is 12.9. The number of phenolic OH excluding ortho intramolecular Hbond substituents is 1. The third-order valence-corrected chi connectivity index (χ3v) is 7.32. The number of phenols is 1. The van der Waals surface area contributed by atoms with Crippen molar-refractivity contribution in [1.82, 2.24) is 4.90 Å². The van der Waals surface area contributed by atoms with Crippen LogP contribution in [-0.2, 0) is 16.0 Å². The lowest BCUT2D eigenvalue weighted by Crippen LogP contribution is -2.36. The van der Waals surface area contributed by atoms with Gasteiger partial charge in [0.15, 0.2) is 0 Å². The van der Waals surface area contributed by atoms with Gasteiger partial charge in [-0.1, -0.05) is 47.5 Å². The van der Waals surface area contributed by atoms with E-state index in [9.17, 15) is 19.5 Å². The van der Waals surface area contributed by atoms with Crippen molar-refractivity contribution in [2.24, 2.45) is 0 Å². The van der Waals surface area contributed by atoms with Gasteiger partial charge in [0.1, 0.15) is 12.3 Å². The molecular weight excluding hydrogens is 519 g/mol. The van der Waals surface area contributed by atoms with Crippen molar-refractivity contribution in [1.29, 1.82) is 0 Å². The summed E-state index contributed by atoms with van der Waals surface area (Å²) in [4.78, 5) is 38.9. The summed E-state index contributed by atoms with van der Waals surface area (Å²) in [6, 6.07) is 16.1. The summed E-state index contributed by atoms with van der Waals surface area (Å²) < 4.78 is 0. The maximum Gasteiger partial charge on any atom is 0.294 e. The van der Waals surface area contributed by atoms with Crippen LogP contribution in [0.1, 0.15) is 27.8 Å². The number of carbonyl (C=O) groups excluding carboxylic acids is 3. The summed E-state index contributed by atoms with van der Waals surface area (Å²) in [5, 5.41) is 13.3. The molecule has 0 spiro atoms. The second-order valence-corrected chi connectivity index (χ2v) is 10.2. The van der Waals surface area contributed by atoms with E-state index in [1.54, 1.807) is 24.3 Å². The molecule has 0 bridgehead atoms. The van der Waals surface area contributed by atoms with E-state index >= 15 is 0 Å². The molecule has 0 aromatic heterocycles. The molecular formula is C27H22Cl2N2O4S. The smallest absolute Gasteiger partial charge is 0.294 e. The van der Waals surface area contributed by atoms with E-state index in [0.717, 1.165) is 27.2 Å². The highest BCUT2D eigenvalue weighted by molar-refractivity contribution is 8.18. The molecule has 0 radical (unpaired) electrons. The summed E-state index contributed by atoms with van der Waals surface area (Å²) in [7, 11) is 0. The van der Waals surface area contributed by atoms with Gasteiger partial charge in [0.25, 0.3) is 11.1 Å². The first-order valence-corrected chi connectivity index (χ1v) is 12.6. The van der Waals surface area contributed by atoms with Gasteiger partial charge in [-0.15, -0.1) is 0 Å². The molecule has 2 N–H and O–H groups in total. The van der Waals surface area contributed by atoms with E-state index in [1.807, 2.05) is 44.2 Å². The fourth-order valence-electron chi connectivity index (χ4n) is 3.69. The van der Waals surface area contributed by atoms with Gasteiger partial charge in [-0.2, -0.15) is 0 Å². The molecule has 3 aromatic carbocycles. The number of hydrogen-bond donors (Lipinski definition) is 2. The molecule has 3 aromatic rings. The molecule has 0 saturated carbocycles. The molecule has 0 aliphatic carbocycles. The van der Waals surface area contributed by atoms with Gasteiger partial charge in [0.05, 0.1) is 9.93 Å². The molecule has 1 aliphatic heterocycles. The van der Waals surface area contributed by atoms with Gasteiger partial charge in [-0.05, 0) is 90.7 Å². The fraction of sp³-hybridized carbons (Fsp3) is 0.148. The van der Waals surface area contributed by atoms with Crippen LogP contribution in [0, 0.1) is 13.8 Å². The first-order chi connectivity index (χ1) is 17.1. The van der Waals surface area contributed by atoms with Crippen LogP contribution < -0.4 is 5.32 Å². The van der Waals surface area contributed by atoms with Crippen molar-refractivity contribution in [2.45, 2.75) is 20.3 Å². The Kier molecular flexibility index (Phi) is 7.73. The first kappa shape index (κ1) is 25.8. The lowest BCUT2D eigenvalue weighted by molar-refractivity contribution is -0.127. The number of nitrogens with zero attached hydrogens (tertiary/aromatic N) is 1. The minimum Gasteiger partial charge on any atom is -0.506 e. The van der Waals surface area contributed by atoms with E-state index in [2.05, 4.69) is 5.32 Å². The van der Waals surface area contributed by atoms with Crippen molar-refractivity contribution in [3.05, 3.63) is 97.4 Å². The summed E-state index contributed by atoms with van der Waals surface area (Å²) in [6.07, 6.45) is 1.87. The third kappa shape index (κ3) is 5.75. The summed E-state index contributed by atoms with van der Waals surface area (Å²) in [6.45, 7) is 3.47. The van der Waals surface area contributed by atoms with Crippen LogP contribution >= 0.6 is 35.0 Å². The Balaban J connectivity index is 1.52. The van der Waals surface area contributed by atoms with Crippen LogP contribution in [0.3, 0.4) is 0 Å². The van der Waals surface area contributed by atoms with Gasteiger partial charge in [-0.25, -0.2) is 0 Å². The Morgan fingerprint density at radius 3 is 2.50 bits per heavy atom. The van der Waals surface area contributed by atoms with E-state index < -0.39 is 23.6 Å². The Bertz CT molecular complexity index is 1420. The highest BCUT2D eigenvalue weighted by Gasteiger charge is 2.36. The average Bonchev–Trinajstić information content (AvgIpc) is 3.08. The van der Waals surface area contributed by atoms with Crippen molar-refractivity contribution in [3.63, 3.8) is 0 Å². The number of anilines is 1. The molecule has 3 amide bonds. The number of thioether (sulfide) groups is 1. The molecule has 0 unspecified atom stereocenters. The second kappa shape index (κ2) is 10.8. The number of imide groups is 1. The number of aromatic hydroxyl groups is 1. The molecule has 1 fully saturated rings. The molecule has 6 nitrogen and oxygen atoms in total. The Morgan fingerprint density at radius 1 is 1.03 bits per heavy atom. The number of nitrogens with one attached hydrogen (secondary N) is 1. The Labute approximate surface area is 222 Å². The van der Waals surface area contributed by atoms with Gasteiger partial charge in [0.2, 0.25) is 5.91 Å². The highest BCUT2D eigenvalue weighted by Crippen LogP contribution is 2.37. The average molecular weight is 541 g/mol. The number of rotatable bonds is 6. The van der Waals surface area contributed by atoms with Gasteiger partial charge >= 0.3 is 0 Å². The number of aryl methyl sites for hydroxylation is 2. The van der Waals surface area contributed by atoms with Crippen LogP contribution in [0.5, 0.6) is 5.75 Å². The lowest BCUT2D eigenvalue weighted by Gasteiger charge is -2.13. The number of hydrogen-bond acceptors (Lipinski definition) is 5. The highest BCUT2D eigenvalue weighted by atomic mass is 35.5. The third-order valence-electron chi connectivity index (χ3n) is 5.76. The van der Waals surface area contributed by atoms with Gasteiger partial charge in [-0.3, -0.25) is 19.3 Å². The summed E-state index contributed by atoms with van der Waals surface area (Å²) in [5.41, 5.74) is 4.61. The van der Waals surface area contributed by atoms with E-state index in [0.29, 0.717) is 28.9 Å². The predicted octanol–water partition coefficient (Wildman–Crippen LogP) is 6.58. The van der Waals surface area contributed by atoms with Crippen LogP contribution in [0.4, 0.5) is 10.5 Å². The monoisotopic (exact) mass is 540 g/mol. The Morgan fingerprint density at radius 2 is 1.78 bits per heavy atom. The molecule has 1 saturated heterocycles. The van der Waals surface area contributed by atoms with Gasteiger partial charge < -0.3 is 10.4 Å². The standard InChI is InChI=1S/C27H22Cl2N2O4S/c1-15-7-8-20(9-16(15)2)30-24(32)14-31-26(34)23(36-27(31)35)13-19-11-17(12-22(29)25(19)33)10-18-5-3-4-6-21(18)28/h3-9,11-13,33H,10,14H2,1-2H3,(H,30,32). The molecule has 36 heavy (non-hydrogen) atoms. The molecule has 1 aliphatic rings. The lowest BCUT2D eigenvalue weighted by atomic mass is 10.0. The maximum atomic E-state index is 12.9. The van der Waals surface area contributed by atoms with Crippen molar-refractivity contribution < 1.29 is 19.5 Å². The van der Waals surface area contributed by atoms with Crippen LogP contribution in [0.2, 0.25) is 10.0 Å². The SMILES string of the molecule is Cc1ccc(NC(=O)CN2C(=O)SC(=Cc3cc(Cc4ccccc4Cl)cc(Cl)c3O)C2=O)cc1C.